The molecule has 2 aliphatic rings. The Morgan fingerprint density at radius 1 is 0.538 bits per heavy atom. The lowest BCUT2D eigenvalue weighted by molar-refractivity contribution is 0.353. The maximum atomic E-state index is 9.42. The van der Waals surface area contributed by atoms with E-state index in [0.717, 1.165) is 55.1 Å². The van der Waals surface area contributed by atoms with Crippen LogP contribution in [0.5, 0.6) is 0 Å². The minimum atomic E-state index is 0.0761. The van der Waals surface area contributed by atoms with Gasteiger partial charge in [-0.2, -0.15) is 5.26 Å². The topological polar surface area (TPSA) is 75.8 Å². The lowest BCUT2D eigenvalue weighted by Crippen LogP contribution is -2.27. The summed E-state index contributed by atoms with van der Waals surface area (Å²) in [4.78, 5) is 10.2. The average molecular weight is 670 g/mol. The second-order valence-electron chi connectivity index (χ2n) is 14.2. The number of nitriles is 1. The molecule has 3 aromatic heterocycles. The van der Waals surface area contributed by atoms with E-state index in [0.29, 0.717) is 22.7 Å². The van der Waals surface area contributed by atoms with E-state index in [1.807, 2.05) is 36.4 Å². The number of benzene rings is 6. The molecule has 0 amide bonds. The molecular weight excluding hydrogens is 639 g/mol. The molecule has 1 fully saturated rings. The van der Waals surface area contributed by atoms with Gasteiger partial charge in [0, 0.05) is 38.3 Å². The number of hydrogen-bond donors (Lipinski definition) is 0. The van der Waals surface area contributed by atoms with Crippen LogP contribution in [-0.4, -0.2) is 9.97 Å². The third-order valence-electron chi connectivity index (χ3n) is 11.6. The van der Waals surface area contributed by atoms with Crippen molar-refractivity contribution in [3.05, 3.63) is 144 Å². The molecule has 11 rings (SSSR count). The second kappa shape index (κ2) is 11.0. The summed E-state index contributed by atoms with van der Waals surface area (Å²) in [6, 6.07) is 46.3. The van der Waals surface area contributed by atoms with Gasteiger partial charge in [0.05, 0.1) is 11.6 Å². The molecule has 2 aliphatic carbocycles. The van der Waals surface area contributed by atoms with Crippen LogP contribution in [0.2, 0.25) is 0 Å². The molecule has 3 heterocycles. The van der Waals surface area contributed by atoms with E-state index in [4.69, 9.17) is 18.8 Å². The summed E-state index contributed by atoms with van der Waals surface area (Å²) in [6.07, 6.45) is 6.21. The minimum Gasteiger partial charge on any atom is -0.455 e. The summed E-state index contributed by atoms with van der Waals surface area (Å²) in [5.41, 5.74) is 14.7. The van der Waals surface area contributed by atoms with Gasteiger partial charge in [0.2, 0.25) is 0 Å². The molecule has 0 radical (unpaired) electrons. The van der Waals surface area contributed by atoms with E-state index >= 15 is 0 Å². The molecule has 5 nitrogen and oxygen atoms in total. The normalized spacial score (nSPS) is 14.7. The Labute approximate surface area is 299 Å². The van der Waals surface area contributed by atoms with Crippen LogP contribution >= 0.6 is 0 Å². The zero-order valence-electron chi connectivity index (χ0n) is 28.3. The second-order valence-corrected chi connectivity index (χ2v) is 14.2. The Bertz CT molecular complexity index is 2950. The number of para-hydroxylation sites is 3. The summed E-state index contributed by atoms with van der Waals surface area (Å²) < 4.78 is 13.6. The molecular formula is C47H31N3O2. The fourth-order valence-electron chi connectivity index (χ4n) is 9.24. The highest BCUT2D eigenvalue weighted by molar-refractivity contribution is 6.16. The first-order valence-corrected chi connectivity index (χ1v) is 18.1. The molecule has 0 atom stereocenters. The summed E-state index contributed by atoms with van der Waals surface area (Å²) in [7, 11) is 0. The van der Waals surface area contributed by atoms with Gasteiger partial charge in [0.25, 0.3) is 0 Å². The molecule has 52 heavy (non-hydrogen) atoms. The maximum absolute atomic E-state index is 9.42. The Balaban J connectivity index is 1.16. The molecule has 9 aromatic rings. The van der Waals surface area contributed by atoms with Crippen LogP contribution in [0, 0.1) is 11.3 Å². The predicted octanol–water partition coefficient (Wildman–Crippen LogP) is 12.4. The van der Waals surface area contributed by atoms with Gasteiger partial charge in [0.15, 0.2) is 11.4 Å². The molecule has 0 bridgehead atoms. The molecule has 5 heteroatoms. The van der Waals surface area contributed by atoms with Gasteiger partial charge in [-0.05, 0) is 83.1 Å². The quantitative estimate of drug-likeness (QED) is 0.187. The van der Waals surface area contributed by atoms with Gasteiger partial charge >= 0.3 is 0 Å². The van der Waals surface area contributed by atoms with Crippen molar-refractivity contribution in [3.63, 3.8) is 0 Å². The lowest BCUT2D eigenvalue weighted by Gasteiger charge is -2.36. The summed E-state index contributed by atoms with van der Waals surface area (Å²) in [5, 5.41) is 12.4. The largest absolute Gasteiger partial charge is 0.455 e. The van der Waals surface area contributed by atoms with E-state index in [9.17, 15) is 5.26 Å². The van der Waals surface area contributed by atoms with E-state index < -0.39 is 0 Å². The van der Waals surface area contributed by atoms with Crippen LogP contribution in [0.25, 0.3) is 88.9 Å². The SMILES string of the molecule is N#Cc1ccc(-c2nc(-c3cccc4c3oc3c(-c5cccc6c5-c5ccccc5C65CCCCC5)cccc34)c3oc4ccccc4c3n2)cc1. The maximum Gasteiger partial charge on any atom is 0.180 e. The Kier molecular flexibility index (Phi) is 6.18. The molecule has 246 valence electrons. The molecule has 0 unspecified atom stereocenters. The summed E-state index contributed by atoms with van der Waals surface area (Å²) in [6.45, 7) is 0. The highest BCUT2D eigenvalue weighted by Gasteiger charge is 2.44. The van der Waals surface area contributed by atoms with Crippen LogP contribution in [0.4, 0.5) is 0 Å². The summed E-state index contributed by atoms with van der Waals surface area (Å²) in [5.74, 6) is 0.558. The minimum absolute atomic E-state index is 0.0761. The lowest BCUT2D eigenvalue weighted by atomic mass is 9.68. The molecule has 0 aliphatic heterocycles. The van der Waals surface area contributed by atoms with Crippen molar-refractivity contribution in [1.82, 2.24) is 9.97 Å². The van der Waals surface area contributed by atoms with Crippen molar-refractivity contribution in [1.29, 1.82) is 5.26 Å². The van der Waals surface area contributed by atoms with E-state index in [-0.39, 0.29) is 5.41 Å². The van der Waals surface area contributed by atoms with E-state index in [2.05, 4.69) is 84.9 Å². The van der Waals surface area contributed by atoms with Crippen LogP contribution in [0.1, 0.15) is 48.8 Å². The van der Waals surface area contributed by atoms with Crippen LogP contribution < -0.4 is 0 Å². The van der Waals surface area contributed by atoms with Gasteiger partial charge in [-0.3, -0.25) is 0 Å². The van der Waals surface area contributed by atoms with Crippen molar-refractivity contribution in [2.45, 2.75) is 37.5 Å². The highest BCUT2D eigenvalue weighted by Crippen LogP contribution is 2.58. The van der Waals surface area contributed by atoms with Gasteiger partial charge in [0.1, 0.15) is 28.0 Å². The fraction of sp³-hybridized carbons (Fsp3) is 0.128. The molecule has 6 aromatic carbocycles. The number of furan rings is 2. The number of rotatable bonds is 3. The van der Waals surface area contributed by atoms with Crippen molar-refractivity contribution < 1.29 is 8.83 Å². The molecule has 1 saturated carbocycles. The van der Waals surface area contributed by atoms with Gasteiger partial charge < -0.3 is 8.83 Å². The summed E-state index contributed by atoms with van der Waals surface area (Å²) >= 11 is 0. The molecule has 0 saturated heterocycles. The first kappa shape index (κ1) is 29.2. The number of hydrogen-bond acceptors (Lipinski definition) is 5. The van der Waals surface area contributed by atoms with Gasteiger partial charge in [-0.1, -0.05) is 104 Å². The number of nitrogens with zero attached hydrogens (tertiary/aromatic N) is 3. The standard InChI is InChI=1S/C47H31N3O2/c48-27-28-21-23-29(24-22-28)46-49-41-35-12-3-5-20-39(35)51-45(41)42(50-46)36-17-9-16-33-32-15-8-14-31(43(32)52-44(33)36)30-13-10-19-38-40(30)34-11-2-4-18-37(34)47(38)25-6-1-7-26-47/h2-5,8-24H,1,6-7,25-26H2. The monoisotopic (exact) mass is 669 g/mol. The molecule has 1 spiro atoms. The number of fused-ring (bicyclic) bond motifs is 11. The first-order chi connectivity index (χ1) is 25.7. The fourth-order valence-corrected chi connectivity index (χ4v) is 9.24. The van der Waals surface area contributed by atoms with Crippen LogP contribution in [0.3, 0.4) is 0 Å². The Morgan fingerprint density at radius 2 is 1.19 bits per heavy atom. The zero-order chi connectivity index (χ0) is 34.4. The highest BCUT2D eigenvalue weighted by atomic mass is 16.3. The van der Waals surface area contributed by atoms with Crippen molar-refractivity contribution in [2.24, 2.45) is 0 Å². The van der Waals surface area contributed by atoms with E-state index in [1.54, 1.807) is 12.1 Å². The van der Waals surface area contributed by atoms with Crippen LogP contribution in [0.15, 0.2) is 136 Å². The molecule has 0 N–H and O–H groups in total. The zero-order valence-corrected chi connectivity index (χ0v) is 28.3. The van der Waals surface area contributed by atoms with Gasteiger partial charge in [-0.15, -0.1) is 0 Å². The Hall–Kier alpha value is -6.51. The van der Waals surface area contributed by atoms with Crippen molar-refractivity contribution in [3.8, 4) is 51.0 Å². The smallest absolute Gasteiger partial charge is 0.180 e. The first-order valence-electron chi connectivity index (χ1n) is 18.1. The van der Waals surface area contributed by atoms with Gasteiger partial charge in [-0.25, -0.2) is 9.97 Å². The number of aromatic nitrogens is 2. The van der Waals surface area contributed by atoms with E-state index in [1.165, 1.54) is 59.9 Å². The van der Waals surface area contributed by atoms with Crippen molar-refractivity contribution in [2.75, 3.05) is 0 Å². The third-order valence-corrected chi connectivity index (χ3v) is 11.6. The third kappa shape index (κ3) is 4.04. The Morgan fingerprint density at radius 3 is 2.02 bits per heavy atom. The van der Waals surface area contributed by atoms with Crippen LogP contribution in [-0.2, 0) is 5.41 Å². The van der Waals surface area contributed by atoms with Crippen molar-refractivity contribution >= 4 is 44.0 Å². The predicted molar refractivity (Wildman–Crippen MR) is 207 cm³/mol. The average Bonchev–Trinajstić information content (AvgIpc) is 3.87.